The van der Waals surface area contributed by atoms with E-state index in [0.717, 1.165) is 11.1 Å². The predicted octanol–water partition coefficient (Wildman–Crippen LogP) is 2.56. The summed E-state index contributed by atoms with van der Waals surface area (Å²) in [6.45, 7) is 2.98. The first-order valence-corrected chi connectivity index (χ1v) is 9.59. The van der Waals surface area contributed by atoms with Crippen LogP contribution >= 0.6 is 0 Å². The summed E-state index contributed by atoms with van der Waals surface area (Å²) in [7, 11) is 1.53. The van der Waals surface area contributed by atoms with E-state index in [1.165, 1.54) is 24.1 Å². The van der Waals surface area contributed by atoms with E-state index in [4.69, 9.17) is 14.7 Å². The SMILES string of the molecule is CCOC(=O)NC.O=C(O)/C=C(/C(=O)O)N1CCC(c2noc3cc(F)ccc23)CC1. The molecular weight excluding hydrogens is 413 g/mol. The number of aromatic nitrogens is 1. The number of fused-ring (bicyclic) bond motifs is 1. The molecule has 1 aromatic carbocycles. The number of nitrogens with zero attached hydrogens (tertiary/aromatic N) is 2. The monoisotopic (exact) mass is 437 g/mol. The summed E-state index contributed by atoms with van der Waals surface area (Å²) < 4.78 is 22.8. The molecule has 2 heterocycles. The van der Waals surface area contributed by atoms with Crippen molar-refractivity contribution >= 4 is 29.0 Å². The number of piperidine rings is 1. The highest BCUT2D eigenvalue weighted by molar-refractivity contribution is 5.94. The van der Waals surface area contributed by atoms with Crippen LogP contribution < -0.4 is 5.32 Å². The van der Waals surface area contributed by atoms with Crippen LogP contribution in [0.25, 0.3) is 11.0 Å². The van der Waals surface area contributed by atoms with Gasteiger partial charge in [-0.05, 0) is 31.9 Å². The van der Waals surface area contributed by atoms with E-state index >= 15 is 0 Å². The minimum atomic E-state index is -1.29. The van der Waals surface area contributed by atoms with E-state index in [1.54, 1.807) is 13.0 Å². The average Bonchev–Trinajstić information content (AvgIpc) is 3.15. The van der Waals surface area contributed by atoms with Gasteiger partial charge in [-0.2, -0.15) is 0 Å². The van der Waals surface area contributed by atoms with Crippen LogP contribution in [0.1, 0.15) is 31.4 Å². The Morgan fingerprint density at radius 2 is 2.00 bits per heavy atom. The van der Waals surface area contributed by atoms with Crippen LogP contribution in [-0.2, 0) is 14.3 Å². The second-order valence-electron chi connectivity index (χ2n) is 6.61. The van der Waals surface area contributed by atoms with Gasteiger partial charge in [-0.3, -0.25) is 0 Å². The van der Waals surface area contributed by atoms with Gasteiger partial charge in [0.25, 0.3) is 0 Å². The van der Waals surface area contributed by atoms with Gasteiger partial charge in [0.1, 0.15) is 11.5 Å². The van der Waals surface area contributed by atoms with E-state index in [2.05, 4.69) is 15.2 Å². The topological polar surface area (TPSA) is 142 Å². The highest BCUT2D eigenvalue weighted by Gasteiger charge is 2.28. The number of carbonyl (C=O) groups is 3. The van der Waals surface area contributed by atoms with Gasteiger partial charge < -0.3 is 29.7 Å². The fraction of sp³-hybridized carbons (Fsp3) is 0.400. The Morgan fingerprint density at radius 3 is 2.52 bits per heavy atom. The third-order valence-corrected chi connectivity index (χ3v) is 4.64. The van der Waals surface area contributed by atoms with E-state index in [0.29, 0.717) is 44.2 Å². The van der Waals surface area contributed by atoms with Gasteiger partial charge in [-0.1, -0.05) is 5.16 Å². The maximum atomic E-state index is 13.2. The van der Waals surface area contributed by atoms with Crippen molar-refractivity contribution in [2.45, 2.75) is 25.7 Å². The number of hydrogen-bond acceptors (Lipinski definition) is 7. The first kappa shape index (κ1) is 23.6. The lowest BCUT2D eigenvalue weighted by Crippen LogP contribution is -2.35. The second-order valence-corrected chi connectivity index (χ2v) is 6.61. The summed E-state index contributed by atoms with van der Waals surface area (Å²) >= 11 is 0. The van der Waals surface area contributed by atoms with E-state index in [9.17, 15) is 18.8 Å². The van der Waals surface area contributed by atoms with Gasteiger partial charge in [0.15, 0.2) is 5.58 Å². The Morgan fingerprint density at radius 1 is 1.32 bits per heavy atom. The highest BCUT2D eigenvalue weighted by atomic mass is 19.1. The van der Waals surface area contributed by atoms with E-state index < -0.39 is 17.8 Å². The van der Waals surface area contributed by atoms with Crippen molar-refractivity contribution in [2.75, 3.05) is 26.7 Å². The molecule has 0 spiro atoms. The van der Waals surface area contributed by atoms with Gasteiger partial charge in [-0.25, -0.2) is 18.8 Å². The largest absolute Gasteiger partial charge is 0.478 e. The lowest BCUT2D eigenvalue weighted by Gasteiger charge is -2.32. The summed E-state index contributed by atoms with van der Waals surface area (Å²) in [6.07, 6.45) is 1.53. The highest BCUT2D eigenvalue weighted by Crippen LogP contribution is 2.33. The zero-order valence-electron chi connectivity index (χ0n) is 17.1. The first-order valence-electron chi connectivity index (χ1n) is 9.59. The van der Waals surface area contributed by atoms with Crippen molar-refractivity contribution in [3.63, 3.8) is 0 Å². The maximum absolute atomic E-state index is 13.2. The number of halogens is 1. The van der Waals surface area contributed by atoms with Gasteiger partial charge in [0, 0.05) is 37.5 Å². The molecular formula is C20H24FN3O7. The van der Waals surface area contributed by atoms with Gasteiger partial charge in [-0.15, -0.1) is 0 Å². The van der Waals surface area contributed by atoms with E-state index in [1.807, 2.05) is 0 Å². The Balaban J connectivity index is 0.000000423. The molecule has 0 unspecified atom stereocenters. The Hall–Kier alpha value is -3.63. The van der Waals surface area contributed by atoms with Crippen molar-refractivity contribution in [1.29, 1.82) is 0 Å². The Labute approximate surface area is 177 Å². The summed E-state index contributed by atoms with van der Waals surface area (Å²) in [5, 5.41) is 25.0. The Kier molecular flexibility index (Phi) is 8.35. The van der Waals surface area contributed by atoms with Crippen molar-refractivity contribution < 1.29 is 38.2 Å². The number of rotatable bonds is 5. The standard InChI is InChI=1S/C16H15FN2O5.C4H9NO2/c17-10-1-2-11-13(7-10)24-18-15(11)9-3-5-19(6-4-9)12(16(22)23)8-14(20)21;1-3-7-4(6)5-2/h1-2,7-9H,3-6H2,(H,20,21)(H,22,23);3H2,1-2H3,(H,5,6)/b12-8-;. The second kappa shape index (κ2) is 11.0. The summed E-state index contributed by atoms with van der Waals surface area (Å²) in [4.78, 5) is 33.6. The molecule has 3 N–H and O–H groups in total. The molecule has 0 aliphatic carbocycles. The van der Waals surface area contributed by atoms with Crippen LogP contribution in [0.15, 0.2) is 34.5 Å². The number of ether oxygens (including phenoxy) is 1. The number of amides is 1. The number of benzene rings is 1. The maximum Gasteiger partial charge on any atom is 0.406 e. The number of carboxylic acid groups (broad SMARTS) is 2. The molecule has 2 aromatic rings. The molecule has 11 heteroatoms. The molecule has 3 rings (SSSR count). The summed E-state index contributed by atoms with van der Waals surface area (Å²) in [6, 6.07) is 4.24. The van der Waals surface area contributed by atoms with Crippen molar-refractivity contribution in [2.24, 2.45) is 0 Å². The molecule has 10 nitrogen and oxygen atoms in total. The molecule has 1 fully saturated rings. The molecule has 0 bridgehead atoms. The molecule has 1 aromatic heterocycles. The summed E-state index contributed by atoms with van der Waals surface area (Å²) in [5.41, 5.74) is 0.876. The van der Waals surface area contributed by atoms with Crippen LogP contribution in [0.3, 0.4) is 0 Å². The molecule has 1 aliphatic heterocycles. The van der Waals surface area contributed by atoms with Crippen LogP contribution in [0.4, 0.5) is 9.18 Å². The zero-order chi connectivity index (χ0) is 23.0. The molecule has 1 amide bonds. The third-order valence-electron chi connectivity index (χ3n) is 4.64. The average molecular weight is 437 g/mol. The number of aliphatic carboxylic acids is 2. The van der Waals surface area contributed by atoms with Gasteiger partial charge >= 0.3 is 18.0 Å². The molecule has 0 radical (unpaired) electrons. The smallest absolute Gasteiger partial charge is 0.406 e. The fourth-order valence-corrected chi connectivity index (χ4v) is 3.23. The Bertz CT molecular complexity index is 965. The van der Waals surface area contributed by atoms with Crippen LogP contribution in [-0.4, -0.2) is 65.0 Å². The van der Waals surface area contributed by atoms with Crippen molar-refractivity contribution in [3.8, 4) is 0 Å². The predicted molar refractivity (Wildman–Crippen MR) is 107 cm³/mol. The summed E-state index contributed by atoms with van der Waals surface area (Å²) in [5.74, 6) is -2.91. The minimum Gasteiger partial charge on any atom is -0.478 e. The molecule has 1 aliphatic rings. The minimum absolute atomic E-state index is 0.0489. The molecule has 0 saturated carbocycles. The number of alkyl carbamates (subject to hydrolysis) is 1. The normalized spacial score (nSPS) is 14.5. The van der Waals surface area contributed by atoms with Crippen LogP contribution in [0.2, 0.25) is 0 Å². The number of nitrogens with one attached hydrogen (secondary N) is 1. The number of carboxylic acids is 2. The van der Waals surface area contributed by atoms with Crippen LogP contribution in [0, 0.1) is 5.82 Å². The quantitative estimate of drug-likeness (QED) is 0.601. The number of likely N-dealkylation sites (tertiary alicyclic amines) is 1. The lowest BCUT2D eigenvalue weighted by atomic mass is 9.91. The third kappa shape index (κ3) is 6.43. The number of hydrogen-bond donors (Lipinski definition) is 3. The molecule has 0 atom stereocenters. The zero-order valence-corrected chi connectivity index (χ0v) is 17.1. The van der Waals surface area contributed by atoms with Gasteiger partial charge in [0.2, 0.25) is 0 Å². The molecule has 31 heavy (non-hydrogen) atoms. The fourth-order valence-electron chi connectivity index (χ4n) is 3.23. The van der Waals surface area contributed by atoms with Crippen LogP contribution in [0.5, 0.6) is 0 Å². The van der Waals surface area contributed by atoms with Crippen molar-refractivity contribution in [3.05, 3.63) is 41.5 Å². The van der Waals surface area contributed by atoms with Gasteiger partial charge in [0.05, 0.1) is 18.4 Å². The molecule has 168 valence electrons. The van der Waals surface area contributed by atoms with Crippen molar-refractivity contribution in [1.82, 2.24) is 15.4 Å². The molecule has 1 saturated heterocycles. The van der Waals surface area contributed by atoms with E-state index in [-0.39, 0.29) is 17.7 Å². The lowest BCUT2D eigenvalue weighted by molar-refractivity contribution is -0.136. The first-order chi connectivity index (χ1) is 14.8. The number of carbonyl (C=O) groups excluding carboxylic acids is 1.